The normalized spacial score (nSPS) is 33.9. The van der Waals surface area contributed by atoms with Crippen LogP contribution in [0.1, 0.15) is 69.4 Å². The van der Waals surface area contributed by atoms with Crippen LogP contribution in [0.2, 0.25) is 0 Å². The van der Waals surface area contributed by atoms with Gasteiger partial charge in [0.15, 0.2) is 0 Å². The molecule has 0 spiro atoms. The molecule has 0 radical (unpaired) electrons. The van der Waals surface area contributed by atoms with Crippen LogP contribution in [-0.4, -0.2) is 22.4 Å². The molecule has 3 aliphatic rings. The molecule has 1 aromatic rings. The van der Waals surface area contributed by atoms with Crippen molar-refractivity contribution in [1.82, 2.24) is 0 Å². The fourth-order valence-corrected chi connectivity index (χ4v) is 7.60. The van der Waals surface area contributed by atoms with Gasteiger partial charge in [0.25, 0.3) is 0 Å². The molecule has 0 saturated heterocycles. The zero-order valence-corrected chi connectivity index (χ0v) is 18.9. The second-order valence-electron chi connectivity index (χ2n) is 9.52. The predicted octanol–water partition coefficient (Wildman–Crippen LogP) is 5.57. The summed E-state index contributed by atoms with van der Waals surface area (Å²) in [7, 11) is 0. The lowest BCUT2D eigenvalue weighted by molar-refractivity contribution is -0.146. The van der Waals surface area contributed by atoms with Crippen molar-refractivity contribution in [1.29, 1.82) is 0 Å². The van der Waals surface area contributed by atoms with Gasteiger partial charge in [-0.2, -0.15) is 0 Å². The number of hydrogen-bond acceptors (Lipinski definition) is 3. The first-order valence-electron chi connectivity index (χ1n) is 10.9. The average Bonchev–Trinajstić information content (AvgIpc) is 3.02. The van der Waals surface area contributed by atoms with E-state index < -0.39 is 5.97 Å². The molecule has 5 heteroatoms. The van der Waals surface area contributed by atoms with Gasteiger partial charge < -0.3 is 9.84 Å². The third kappa shape index (κ3) is 3.64. The lowest BCUT2D eigenvalue weighted by Crippen LogP contribution is -2.45. The van der Waals surface area contributed by atoms with Gasteiger partial charge in [-0.3, -0.25) is 9.59 Å². The second kappa shape index (κ2) is 8.05. The number of hydrogen-bond donors (Lipinski definition) is 1. The molecule has 0 heterocycles. The molecule has 0 amide bonds. The van der Waals surface area contributed by atoms with E-state index in [2.05, 4.69) is 35.0 Å². The van der Waals surface area contributed by atoms with Crippen LogP contribution in [0.15, 0.2) is 18.2 Å². The molecule has 4 rings (SSSR count). The molecular weight excluding hydrogens is 432 g/mol. The highest BCUT2D eigenvalue weighted by molar-refractivity contribution is 9.09. The minimum atomic E-state index is -0.620. The van der Waals surface area contributed by atoms with E-state index in [-0.39, 0.29) is 23.2 Å². The summed E-state index contributed by atoms with van der Waals surface area (Å²) in [6.07, 6.45) is 7.35. The van der Waals surface area contributed by atoms with Crippen molar-refractivity contribution in [3.8, 4) is 5.75 Å². The smallest absolute Gasteiger partial charge is 0.308 e. The maximum atomic E-state index is 12.0. The number of carbonyl (C=O) groups is 2. The molecule has 0 aliphatic heterocycles. The van der Waals surface area contributed by atoms with E-state index in [0.29, 0.717) is 23.5 Å². The maximum Gasteiger partial charge on any atom is 0.308 e. The summed E-state index contributed by atoms with van der Waals surface area (Å²) in [6.45, 7) is 3.82. The van der Waals surface area contributed by atoms with Gasteiger partial charge in [0.1, 0.15) is 5.75 Å². The molecule has 6 atom stereocenters. The lowest BCUT2D eigenvalue weighted by atomic mass is 9.53. The first-order chi connectivity index (χ1) is 13.8. The van der Waals surface area contributed by atoms with E-state index in [9.17, 15) is 14.7 Å². The van der Waals surface area contributed by atoms with Crippen molar-refractivity contribution in [2.24, 2.45) is 29.1 Å². The van der Waals surface area contributed by atoms with Crippen LogP contribution in [0.5, 0.6) is 5.75 Å². The molecule has 1 N–H and O–H groups in total. The van der Waals surface area contributed by atoms with Gasteiger partial charge in [0.2, 0.25) is 0 Å². The molecule has 29 heavy (non-hydrogen) atoms. The van der Waals surface area contributed by atoms with E-state index in [1.807, 2.05) is 6.07 Å². The van der Waals surface area contributed by atoms with Crippen molar-refractivity contribution < 1.29 is 19.4 Å². The summed E-state index contributed by atoms with van der Waals surface area (Å²) in [5, 5.41) is 10.6. The summed E-state index contributed by atoms with van der Waals surface area (Å²) in [6, 6.07) is 6.16. The Morgan fingerprint density at radius 1 is 1.28 bits per heavy atom. The van der Waals surface area contributed by atoms with Gasteiger partial charge in [0, 0.05) is 12.3 Å². The number of carbonyl (C=O) groups excluding carboxylic acids is 1. The number of carboxylic acids is 1. The number of esters is 1. The van der Waals surface area contributed by atoms with Crippen LogP contribution < -0.4 is 4.74 Å². The summed E-state index contributed by atoms with van der Waals surface area (Å²) >= 11 is 3.47. The Kier molecular flexibility index (Phi) is 5.80. The number of alkyl halides is 1. The largest absolute Gasteiger partial charge is 0.481 e. The van der Waals surface area contributed by atoms with E-state index in [4.69, 9.17) is 4.74 Å². The van der Waals surface area contributed by atoms with E-state index in [1.165, 1.54) is 18.1 Å². The first kappa shape index (κ1) is 20.9. The maximum absolute atomic E-state index is 12.0. The van der Waals surface area contributed by atoms with Crippen LogP contribution in [0.4, 0.5) is 0 Å². The molecule has 1 unspecified atom stereocenters. The molecule has 0 aromatic heterocycles. The number of rotatable bonds is 5. The fraction of sp³-hybridized carbons (Fsp3) is 0.667. The molecule has 2 fully saturated rings. The third-order valence-electron chi connectivity index (χ3n) is 8.26. The van der Waals surface area contributed by atoms with Crippen molar-refractivity contribution in [3.63, 3.8) is 0 Å². The van der Waals surface area contributed by atoms with Crippen LogP contribution >= 0.6 is 15.9 Å². The van der Waals surface area contributed by atoms with Gasteiger partial charge in [-0.15, -0.1) is 0 Å². The van der Waals surface area contributed by atoms with Gasteiger partial charge in [-0.05, 0) is 97.3 Å². The minimum Gasteiger partial charge on any atom is -0.481 e. The van der Waals surface area contributed by atoms with Gasteiger partial charge in [-0.25, -0.2) is 0 Å². The van der Waals surface area contributed by atoms with E-state index in [0.717, 1.165) is 50.3 Å². The monoisotopic (exact) mass is 462 g/mol. The third-order valence-corrected chi connectivity index (χ3v) is 8.71. The molecule has 3 aliphatic carbocycles. The number of aliphatic carboxylic acids is 1. The molecule has 4 nitrogen and oxygen atoms in total. The van der Waals surface area contributed by atoms with Gasteiger partial charge >= 0.3 is 11.9 Å². The van der Waals surface area contributed by atoms with Crippen molar-refractivity contribution in [3.05, 3.63) is 29.3 Å². The van der Waals surface area contributed by atoms with Crippen molar-refractivity contribution in [2.75, 3.05) is 5.33 Å². The van der Waals surface area contributed by atoms with Gasteiger partial charge in [-0.1, -0.05) is 28.9 Å². The molecular formula is C24H31BrO4. The van der Waals surface area contributed by atoms with Gasteiger partial charge in [0.05, 0.1) is 5.92 Å². The minimum absolute atomic E-state index is 0.140. The van der Waals surface area contributed by atoms with E-state index in [1.54, 1.807) is 0 Å². The van der Waals surface area contributed by atoms with E-state index >= 15 is 0 Å². The zero-order chi connectivity index (χ0) is 20.8. The Morgan fingerprint density at radius 3 is 2.76 bits per heavy atom. The number of ether oxygens (including phenoxy) is 1. The summed E-state index contributed by atoms with van der Waals surface area (Å²) < 4.78 is 5.29. The molecule has 158 valence electrons. The summed E-state index contributed by atoms with van der Waals surface area (Å²) in [5.74, 6) is 1.62. The number of carboxylic acid groups (broad SMARTS) is 1. The zero-order valence-electron chi connectivity index (χ0n) is 17.3. The Morgan fingerprint density at radius 2 is 2.07 bits per heavy atom. The van der Waals surface area contributed by atoms with Crippen LogP contribution in [0.25, 0.3) is 0 Å². The average molecular weight is 463 g/mol. The Bertz CT molecular complexity index is 806. The Labute approximate surface area is 181 Å². The highest BCUT2D eigenvalue weighted by atomic mass is 79.9. The van der Waals surface area contributed by atoms with Crippen LogP contribution in [0.3, 0.4) is 0 Å². The standard InChI is InChI=1S/C24H31BrO4/c1-14(26)29-16-4-6-17-15(13-16)3-5-19-18(17)9-11-24(2)21(19)7-8-22(24)20(10-12-25)23(27)28/h4,6,13,18-22H,3,5,7-12H2,1-2H3,(H,27,28)/t18-,19-,20?,21+,22-,24+/m1/s1. The number of fused-ring (bicyclic) bond motifs is 5. The molecule has 1 aromatic carbocycles. The second-order valence-corrected chi connectivity index (χ2v) is 10.3. The quantitative estimate of drug-likeness (QED) is 0.352. The Balaban J connectivity index is 1.58. The first-order valence-corrected chi connectivity index (χ1v) is 12.1. The predicted molar refractivity (Wildman–Crippen MR) is 115 cm³/mol. The highest BCUT2D eigenvalue weighted by Crippen LogP contribution is 2.64. The lowest BCUT2D eigenvalue weighted by Gasteiger charge is -2.51. The summed E-state index contributed by atoms with van der Waals surface area (Å²) in [5.41, 5.74) is 2.89. The summed E-state index contributed by atoms with van der Waals surface area (Å²) in [4.78, 5) is 23.3. The van der Waals surface area contributed by atoms with Crippen molar-refractivity contribution >= 4 is 27.9 Å². The number of aryl methyl sites for hydroxylation is 1. The fourth-order valence-electron chi connectivity index (χ4n) is 7.10. The van der Waals surface area contributed by atoms with Crippen LogP contribution in [0, 0.1) is 29.1 Å². The number of halogens is 1. The highest BCUT2D eigenvalue weighted by Gasteiger charge is 2.57. The van der Waals surface area contributed by atoms with Crippen LogP contribution in [-0.2, 0) is 16.0 Å². The Hall–Kier alpha value is -1.36. The topological polar surface area (TPSA) is 63.6 Å². The molecule has 2 saturated carbocycles. The number of benzene rings is 1. The SMILES string of the molecule is CC(=O)Oc1ccc2c(c1)CC[C@@H]1[C@@H]2CC[C@]2(C)[C@@H](C(CCBr)C(=O)O)CC[C@@H]12. The van der Waals surface area contributed by atoms with Crippen molar-refractivity contribution in [2.45, 2.75) is 64.7 Å². The molecule has 0 bridgehead atoms.